The van der Waals surface area contributed by atoms with Gasteiger partial charge in [-0.15, -0.1) is 0 Å². The average Bonchev–Trinajstić information content (AvgIpc) is 2.73. The molecule has 2 aromatic rings. The van der Waals surface area contributed by atoms with Crippen molar-refractivity contribution in [2.45, 2.75) is 37.9 Å². The zero-order valence-corrected chi connectivity index (χ0v) is 16.3. The van der Waals surface area contributed by atoms with E-state index in [4.69, 9.17) is 4.74 Å². The molecular weight excluding hydrogens is 381 g/mol. The number of alkyl halides is 3. The van der Waals surface area contributed by atoms with Crippen LogP contribution in [0.1, 0.15) is 41.6 Å². The molecule has 0 aliphatic heterocycles. The highest BCUT2D eigenvalue weighted by Gasteiger charge is 2.31. The maximum atomic E-state index is 12.8. The molecule has 1 aliphatic rings. The first-order chi connectivity index (χ1) is 13.8. The zero-order chi connectivity index (χ0) is 20.9. The lowest BCUT2D eigenvalue weighted by Crippen LogP contribution is -2.38. The van der Waals surface area contributed by atoms with E-state index in [2.05, 4.69) is 10.6 Å². The topological polar surface area (TPSA) is 50.4 Å². The minimum Gasteiger partial charge on any atom is -0.497 e. The van der Waals surface area contributed by atoms with Crippen molar-refractivity contribution in [2.75, 3.05) is 19.0 Å². The van der Waals surface area contributed by atoms with Gasteiger partial charge in [-0.25, -0.2) is 0 Å². The van der Waals surface area contributed by atoms with Gasteiger partial charge in [0.1, 0.15) is 5.75 Å². The highest BCUT2D eigenvalue weighted by Crippen LogP contribution is 2.30. The van der Waals surface area contributed by atoms with Gasteiger partial charge in [0, 0.05) is 23.8 Å². The number of amides is 1. The summed E-state index contributed by atoms with van der Waals surface area (Å²) in [6.45, 7) is 0.848. The van der Waals surface area contributed by atoms with E-state index in [1.807, 2.05) is 24.3 Å². The number of ether oxygens (including phenoxy) is 1. The van der Waals surface area contributed by atoms with Crippen molar-refractivity contribution in [3.05, 3.63) is 59.7 Å². The number of hydrogen-bond acceptors (Lipinski definition) is 3. The van der Waals surface area contributed by atoms with Crippen LogP contribution < -0.4 is 15.4 Å². The van der Waals surface area contributed by atoms with Gasteiger partial charge in [-0.3, -0.25) is 4.79 Å². The van der Waals surface area contributed by atoms with Crippen molar-refractivity contribution in [1.29, 1.82) is 0 Å². The number of methoxy groups -OCH3 is 1. The van der Waals surface area contributed by atoms with Crippen LogP contribution in [0.4, 0.5) is 18.9 Å². The summed E-state index contributed by atoms with van der Waals surface area (Å²) in [5.41, 5.74) is 0.271. The van der Waals surface area contributed by atoms with E-state index < -0.39 is 17.6 Å². The highest BCUT2D eigenvalue weighted by atomic mass is 19.4. The summed E-state index contributed by atoms with van der Waals surface area (Å²) in [5, 5.41) is 6.30. The number of benzene rings is 2. The van der Waals surface area contributed by atoms with Gasteiger partial charge in [0.15, 0.2) is 0 Å². The van der Waals surface area contributed by atoms with E-state index in [1.54, 1.807) is 7.11 Å². The second kappa shape index (κ2) is 9.20. The van der Waals surface area contributed by atoms with Gasteiger partial charge in [-0.1, -0.05) is 6.07 Å². The monoisotopic (exact) mass is 406 g/mol. The Bertz CT molecular complexity index is 814. The normalized spacial score (nSPS) is 19.4. The number of carbonyl (C=O) groups excluding carboxylic acids is 1. The number of carbonyl (C=O) groups is 1. The maximum absolute atomic E-state index is 12.8. The van der Waals surface area contributed by atoms with E-state index in [0.717, 1.165) is 55.8 Å². The number of rotatable bonds is 6. The fraction of sp³-hybridized carbons (Fsp3) is 0.409. The first-order valence-electron chi connectivity index (χ1n) is 9.71. The Morgan fingerprint density at radius 1 is 1.07 bits per heavy atom. The lowest BCUT2D eigenvalue weighted by molar-refractivity contribution is -0.137. The minimum absolute atomic E-state index is 0.00530. The molecule has 0 spiro atoms. The van der Waals surface area contributed by atoms with Crippen molar-refractivity contribution >= 4 is 11.6 Å². The number of hydrogen-bond donors (Lipinski definition) is 2. The van der Waals surface area contributed by atoms with Gasteiger partial charge in [-0.05, 0) is 74.1 Å². The third-order valence-electron chi connectivity index (χ3n) is 5.32. The molecule has 0 radical (unpaired) electrons. The zero-order valence-electron chi connectivity index (χ0n) is 16.3. The summed E-state index contributed by atoms with van der Waals surface area (Å²) in [7, 11) is 1.63. The molecule has 2 N–H and O–H groups in total. The van der Waals surface area contributed by atoms with Gasteiger partial charge in [-0.2, -0.15) is 13.2 Å². The quantitative estimate of drug-likeness (QED) is 0.701. The van der Waals surface area contributed by atoms with Crippen molar-refractivity contribution < 1.29 is 22.7 Å². The molecule has 1 aliphatic carbocycles. The molecule has 1 fully saturated rings. The molecule has 3 rings (SSSR count). The Morgan fingerprint density at radius 3 is 2.38 bits per heavy atom. The Labute approximate surface area is 168 Å². The number of nitrogens with one attached hydrogen (secondary N) is 2. The molecule has 156 valence electrons. The molecular formula is C22H25F3N2O2. The standard InChI is InChI=1S/C22H25F3N2O2/c1-29-20-11-9-18(10-12-20)26-14-15-5-7-19(8-6-15)27-21(28)16-3-2-4-17(13-16)22(23,24)25/h2-4,9-13,15,19,26H,5-8,14H2,1H3,(H,27,28). The third kappa shape index (κ3) is 5.89. The molecule has 0 heterocycles. The summed E-state index contributed by atoms with van der Waals surface area (Å²) in [4.78, 5) is 12.3. The molecule has 7 heteroatoms. The van der Waals surface area contributed by atoms with E-state index in [0.29, 0.717) is 5.92 Å². The lowest BCUT2D eigenvalue weighted by Gasteiger charge is -2.29. The molecule has 0 aromatic heterocycles. The van der Waals surface area contributed by atoms with Crippen molar-refractivity contribution in [3.63, 3.8) is 0 Å². The van der Waals surface area contributed by atoms with Crippen LogP contribution in [0.25, 0.3) is 0 Å². The molecule has 29 heavy (non-hydrogen) atoms. The molecule has 1 amide bonds. The molecule has 2 aromatic carbocycles. The van der Waals surface area contributed by atoms with E-state index in [9.17, 15) is 18.0 Å². The number of halogens is 3. The van der Waals surface area contributed by atoms with Gasteiger partial charge in [0.2, 0.25) is 0 Å². The van der Waals surface area contributed by atoms with Crippen LogP contribution in [0.3, 0.4) is 0 Å². The Balaban J connectivity index is 1.45. The van der Waals surface area contributed by atoms with Crippen LogP contribution in [0.2, 0.25) is 0 Å². The first-order valence-corrected chi connectivity index (χ1v) is 9.71. The van der Waals surface area contributed by atoms with Crippen LogP contribution in [0.15, 0.2) is 48.5 Å². The van der Waals surface area contributed by atoms with Crippen LogP contribution in [0.5, 0.6) is 5.75 Å². The fourth-order valence-corrected chi connectivity index (χ4v) is 3.59. The summed E-state index contributed by atoms with van der Waals surface area (Å²) in [6, 6.07) is 12.3. The third-order valence-corrected chi connectivity index (χ3v) is 5.32. The van der Waals surface area contributed by atoms with E-state index >= 15 is 0 Å². The smallest absolute Gasteiger partial charge is 0.416 e. The van der Waals surface area contributed by atoms with Crippen molar-refractivity contribution in [1.82, 2.24) is 5.32 Å². The van der Waals surface area contributed by atoms with Crippen LogP contribution in [0, 0.1) is 5.92 Å². The molecule has 0 saturated heterocycles. The number of anilines is 1. The molecule has 0 bridgehead atoms. The first kappa shape index (κ1) is 21.0. The Hall–Kier alpha value is -2.70. The lowest BCUT2D eigenvalue weighted by atomic mass is 9.86. The Kier molecular flexibility index (Phi) is 6.67. The summed E-state index contributed by atoms with van der Waals surface area (Å²) >= 11 is 0. The summed E-state index contributed by atoms with van der Waals surface area (Å²) in [6.07, 6.45) is -0.905. The predicted molar refractivity (Wildman–Crippen MR) is 106 cm³/mol. The molecule has 0 atom stereocenters. The minimum atomic E-state index is -4.45. The fourth-order valence-electron chi connectivity index (χ4n) is 3.59. The molecule has 4 nitrogen and oxygen atoms in total. The van der Waals surface area contributed by atoms with Gasteiger partial charge >= 0.3 is 6.18 Å². The molecule has 1 saturated carbocycles. The van der Waals surface area contributed by atoms with Crippen LogP contribution >= 0.6 is 0 Å². The van der Waals surface area contributed by atoms with E-state index in [1.165, 1.54) is 12.1 Å². The highest BCUT2D eigenvalue weighted by molar-refractivity contribution is 5.94. The van der Waals surface area contributed by atoms with Gasteiger partial charge in [0.05, 0.1) is 12.7 Å². The van der Waals surface area contributed by atoms with Crippen molar-refractivity contribution in [2.24, 2.45) is 5.92 Å². The molecule has 0 unspecified atom stereocenters. The van der Waals surface area contributed by atoms with Crippen LogP contribution in [-0.2, 0) is 6.18 Å². The second-order valence-corrected chi connectivity index (χ2v) is 7.38. The summed E-state index contributed by atoms with van der Waals surface area (Å²) < 4.78 is 43.6. The summed E-state index contributed by atoms with van der Waals surface area (Å²) in [5.74, 6) is 0.863. The van der Waals surface area contributed by atoms with Gasteiger partial charge in [0.25, 0.3) is 5.91 Å². The maximum Gasteiger partial charge on any atom is 0.416 e. The van der Waals surface area contributed by atoms with Crippen molar-refractivity contribution in [3.8, 4) is 5.75 Å². The average molecular weight is 406 g/mol. The van der Waals surface area contributed by atoms with Gasteiger partial charge < -0.3 is 15.4 Å². The largest absolute Gasteiger partial charge is 0.497 e. The SMILES string of the molecule is COc1ccc(NCC2CCC(NC(=O)c3cccc(C(F)(F)F)c3)CC2)cc1. The predicted octanol–water partition coefficient (Wildman–Crippen LogP) is 5.11. The second-order valence-electron chi connectivity index (χ2n) is 7.38. The van der Waals surface area contributed by atoms with Crippen LogP contribution in [-0.4, -0.2) is 25.6 Å². The van der Waals surface area contributed by atoms with E-state index in [-0.39, 0.29) is 11.6 Å². The Morgan fingerprint density at radius 2 is 1.76 bits per heavy atom.